The van der Waals surface area contributed by atoms with Gasteiger partial charge in [0.2, 0.25) is 0 Å². The fourth-order valence-corrected chi connectivity index (χ4v) is 4.51. The molecule has 2 atom stereocenters. The van der Waals surface area contributed by atoms with Crippen LogP contribution in [0.5, 0.6) is 0 Å². The first-order valence-electron chi connectivity index (χ1n) is 10.9. The first kappa shape index (κ1) is 23.2. The normalized spacial score (nSPS) is 16.6. The summed E-state index contributed by atoms with van der Waals surface area (Å²) in [6.45, 7) is 1.57. The van der Waals surface area contributed by atoms with E-state index in [4.69, 9.17) is 15.6 Å². The largest absolute Gasteiger partial charge is 0.399 e. The van der Waals surface area contributed by atoms with Gasteiger partial charge in [-0.1, -0.05) is 34.1 Å². The zero-order chi connectivity index (χ0) is 24.7. The molecule has 0 spiro atoms. The Morgan fingerprint density at radius 2 is 1.80 bits per heavy atom. The Hall–Kier alpha value is -3.56. The van der Waals surface area contributed by atoms with Crippen molar-refractivity contribution in [3.63, 3.8) is 0 Å². The quantitative estimate of drug-likeness (QED) is 0.327. The van der Waals surface area contributed by atoms with E-state index in [1.807, 2.05) is 30.5 Å². The highest BCUT2D eigenvalue weighted by molar-refractivity contribution is 9.10. The molecule has 2 N–H and O–H groups in total. The summed E-state index contributed by atoms with van der Waals surface area (Å²) in [5, 5.41) is 4.76. The second kappa shape index (κ2) is 9.24. The summed E-state index contributed by atoms with van der Waals surface area (Å²) in [4.78, 5) is 14.4. The van der Waals surface area contributed by atoms with Gasteiger partial charge in [-0.25, -0.2) is 13.5 Å². The molecule has 2 heterocycles. The average molecular weight is 539 g/mol. The maximum absolute atomic E-state index is 14.7. The summed E-state index contributed by atoms with van der Waals surface area (Å²) < 4.78 is 36.9. The Morgan fingerprint density at radius 3 is 2.49 bits per heavy atom. The maximum Gasteiger partial charge on any atom is 0.251 e. The van der Waals surface area contributed by atoms with Crippen molar-refractivity contribution in [2.45, 2.75) is 19.2 Å². The van der Waals surface area contributed by atoms with Crippen LogP contribution in [0.2, 0.25) is 0 Å². The molecule has 3 aromatic carbocycles. The van der Waals surface area contributed by atoms with Gasteiger partial charge in [0.25, 0.3) is 5.91 Å². The zero-order valence-corrected chi connectivity index (χ0v) is 20.2. The van der Waals surface area contributed by atoms with E-state index in [9.17, 15) is 13.6 Å². The minimum Gasteiger partial charge on any atom is -0.399 e. The first-order valence-corrected chi connectivity index (χ1v) is 11.7. The summed E-state index contributed by atoms with van der Waals surface area (Å²) in [6, 6.07) is 17.3. The Balaban J connectivity index is 1.61. The summed E-state index contributed by atoms with van der Waals surface area (Å²) in [5.41, 5.74) is 8.95. The van der Waals surface area contributed by atoms with E-state index in [-0.39, 0.29) is 18.3 Å². The van der Waals surface area contributed by atoms with E-state index in [2.05, 4.69) is 15.9 Å². The Labute approximate surface area is 209 Å². The van der Waals surface area contributed by atoms with E-state index in [1.165, 1.54) is 23.1 Å². The molecule has 0 saturated carbocycles. The number of hydrogen-bond donors (Lipinski definition) is 1. The van der Waals surface area contributed by atoms with Gasteiger partial charge in [-0.15, -0.1) is 0 Å². The lowest BCUT2D eigenvalue weighted by atomic mass is 10.0. The van der Waals surface area contributed by atoms with Crippen molar-refractivity contribution in [1.29, 1.82) is 0 Å². The summed E-state index contributed by atoms with van der Waals surface area (Å²) in [6.07, 6.45) is 0.941. The predicted molar refractivity (Wildman–Crippen MR) is 131 cm³/mol. The number of nitrogens with two attached hydrogens (primary N) is 1. The molecule has 0 aliphatic carbocycles. The van der Waals surface area contributed by atoms with Crippen molar-refractivity contribution in [2.24, 2.45) is 0 Å². The van der Waals surface area contributed by atoms with Crippen LogP contribution in [0.3, 0.4) is 0 Å². The highest BCUT2D eigenvalue weighted by Gasteiger charge is 2.40. The highest BCUT2D eigenvalue weighted by atomic mass is 79.9. The lowest BCUT2D eigenvalue weighted by Crippen LogP contribution is -2.32. The number of ether oxygens (including phenoxy) is 1. The molecule has 1 fully saturated rings. The number of anilines is 1. The van der Waals surface area contributed by atoms with Crippen LogP contribution in [-0.4, -0.2) is 27.2 Å². The fraction of sp³-hybridized carbons (Fsp3) is 0.154. The van der Waals surface area contributed by atoms with Gasteiger partial charge in [-0.2, -0.15) is 5.10 Å². The van der Waals surface area contributed by atoms with Crippen LogP contribution in [0.25, 0.3) is 16.8 Å². The van der Waals surface area contributed by atoms with Gasteiger partial charge < -0.3 is 15.4 Å². The molecule has 178 valence electrons. The van der Waals surface area contributed by atoms with Gasteiger partial charge in [0, 0.05) is 27.5 Å². The lowest BCUT2D eigenvalue weighted by Gasteiger charge is -2.29. The topological polar surface area (TPSA) is 73.4 Å². The lowest BCUT2D eigenvalue weighted by molar-refractivity contribution is -0.130. The number of carbonyl (C=O) groups is 1. The third kappa shape index (κ3) is 4.44. The monoisotopic (exact) mass is 538 g/mol. The van der Waals surface area contributed by atoms with Crippen LogP contribution in [0.4, 0.5) is 14.5 Å². The Bertz CT molecular complexity index is 1390. The molecule has 0 bridgehead atoms. The molecule has 35 heavy (non-hydrogen) atoms. The minimum atomic E-state index is -0.869. The van der Waals surface area contributed by atoms with Gasteiger partial charge >= 0.3 is 0 Å². The number of nitrogens with zero attached hydrogens (tertiary/aromatic N) is 3. The van der Waals surface area contributed by atoms with Crippen molar-refractivity contribution >= 4 is 27.5 Å². The smallest absolute Gasteiger partial charge is 0.251 e. The number of aromatic nitrogens is 2. The molecule has 4 aromatic rings. The number of rotatable bonds is 5. The number of nitrogen functional groups attached to an aromatic ring is 1. The van der Waals surface area contributed by atoms with E-state index in [1.54, 1.807) is 35.9 Å². The molecule has 6 nitrogen and oxygen atoms in total. The Morgan fingerprint density at radius 1 is 1.09 bits per heavy atom. The predicted octanol–water partition coefficient (Wildman–Crippen LogP) is 5.78. The maximum atomic E-state index is 14.7. The molecule has 1 aliphatic rings. The minimum absolute atomic E-state index is 0.167. The second-order valence-electron chi connectivity index (χ2n) is 8.28. The van der Waals surface area contributed by atoms with Crippen LogP contribution >= 0.6 is 15.9 Å². The zero-order valence-electron chi connectivity index (χ0n) is 18.7. The van der Waals surface area contributed by atoms with Crippen molar-refractivity contribution in [2.75, 3.05) is 12.3 Å². The standard InChI is InChI=1S/C26H21BrF2N4O2/c1-15(21-11-8-19(30)12-23(21)29)33-24(34)14-35-26(33)25-22(16-2-6-18(28)7-3-16)13-32(31-25)20-9-4-17(27)5-10-20/h2-13,15,26H,14,30H2,1H3/t15?,26-/m0/s1. The molecule has 1 aromatic heterocycles. The number of hydrogen-bond acceptors (Lipinski definition) is 4. The van der Waals surface area contributed by atoms with E-state index in [0.29, 0.717) is 28.1 Å². The molecule has 1 amide bonds. The van der Waals surface area contributed by atoms with Crippen LogP contribution in [0.15, 0.2) is 77.4 Å². The van der Waals surface area contributed by atoms with Crippen molar-refractivity contribution < 1.29 is 18.3 Å². The third-order valence-electron chi connectivity index (χ3n) is 6.02. The molecule has 5 rings (SSSR count). The van der Waals surface area contributed by atoms with Gasteiger partial charge in [-0.3, -0.25) is 4.79 Å². The fourth-order valence-electron chi connectivity index (χ4n) is 4.25. The van der Waals surface area contributed by atoms with Crippen LogP contribution in [0, 0.1) is 11.6 Å². The number of benzene rings is 3. The molecule has 1 saturated heterocycles. The van der Waals surface area contributed by atoms with Gasteiger partial charge in [0.05, 0.1) is 11.7 Å². The molecule has 0 radical (unpaired) electrons. The van der Waals surface area contributed by atoms with Crippen molar-refractivity contribution in [3.8, 4) is 16.8 Å². The number of carbonyl (C=O) groups excluding carboxylic acids is 1. The molecular weight excluding hydrogens is 518 g/mol. The van der Waals surface area contributed by atoms with Crippen LogP contribution in [-0.2, 0) is 9.53 Å². The van der Waals surface area contributed by atoms with Crippen LogP contribution in [0.1, 0.15) is 30.5 Å². The SMILES string of the molecule is CC(c1ccc(N)cc1F)N1C(=O)CO[C@H]1c1nn(-c2ccc(Br)cc2)cc1-c1ccc(F)cc1. The molecule has 1 unspecified atom stereocenters. The van der Waals surface area contributed by atoms with E-state index >= 15 is 0 Å². The highest BCUT2D eigenvalue weighted by Crippen LogP contribution is 2.40. The van der Waals surface area contributed by atoms with E-state index in [0.717, 1.165) is 10.2 Å². The Kier molecular flexibility index (Phi) is 6.12. The van der Waals surface area contributed by atoms with Gasteiger partial charge in [0.1, 0.15) is 23.9 Å². The summed E-state index contributed by atoms with van der Waals surface area (Å²) in [7, 11) is 0. The average Bonchev–Trinajstić information content (AvgIpc) is 3.43. The summed E-state index contributed by atoms with van der Waals surface area (Å²) >= 11 is 3.43. The first-order chi connectivity index (χ1) is 16.8. The second-order valence-corrected chi connectivity index (χ2v) is 9.19. The molecule has 1 aliphatic heterocycles. The van der Waals surface area contributed by atoms with Gasteiger partial charge in [0.15, 0.2) is 6.23 Å². The molecule has 9 heteroatoms. The summed E-state index contributed by atoms with van der Waals surface area (Å²) in [5.74, 6) is -1.16. The van der Waals surface area contributed by atoms with Crippen LogP contribution < -0.4 is 5.73 Å². The van der Waals surface area contributed by atoms with Gasteiger partial charge in [-0.05, 0) is 61.0 Å². The van der Waals surface area contributed by atoms with Crippen molar-refractivity contribution in [3.05, 3.63) is 100 Å². The van der Waals surface area contributed by atoms with Crippen molar-refractivity contribution in [1.82, 2.24) is 14.7 Å². The molecular formula is C26H21BrF2N4O2. The van der Waals surface area contributed by atoms with E-state index < -0.39 is 18.1 Å². The third-order valence-corrected chi connectivity index (χ3v) is 6.55. The number of amides is 1. The number of halogens is 3.